The van der Waals surface area contributed by atoms with E-state index in [2.05, 4.69) is 15.9 Å². The summed E-state index contributed by atoms with van der Waals surface area (Å²) in [6, 6.07) is 1.47. The fourth-order valence-corrected chi connectivity index (χ4v) is 2.82. The summed E-state index contributed by atoms with van der Waals surface area (Å²) in [5.41, 5.74) is 1.83. The van der Waals surface area contributed by atoms with E-state index in [1.807, 2.05) is 5.43 Å². The van der Waals surface area contributed by atoms with E-state index in [9.17, 15) is 9.59 Å². The third-order valence-electron chi connectivity index (χ3n) is 3.45. The van der Waals surface area contributed by atoms with Gasteiger partial charge in [0.25, 0.3) is 5.56 Å². The van der Waals surface area contributed by atoms with Crippen molar-refractivity contribution in [3.05, 3.63) is 27.1 Å². The molecule has 2 rings (SSSR count). The highest BCUT2D eigenvalue weighted by atomic mass is 79.9. The van der Waals surface area contributed by atoms with Gasteiger partial charge in [-0.15, -0.1) is 0 Å². The van der Waals surface area contributed by atoms with Crippen LogP contribution >= 0.6 is 15.9 Å². The van der Waals surface area contributed by atoms with E-state index in [4.69, 9.17) is 15.3 Å². The minimum atomic E-state index is -0.617. The smallest absolute Gasteiger partial charge is 0.421 e. The van der Waals surface area contributed by atoms with Crippen molar-refractivity contribution in [3.63, 3.8) is 0 Å². The molecule has 7 nitrogen and oxygen atoms in total. The summed E-state index contributed by atoms with van der Waals surface area (Å²) in [7, 11) is 1.68. The van der Waals surface area contributed by atoms with Crippen LogP contribution in [0.1, 0.15) is 25.7 Å². The number of hydrogen-bond donors (Lipinski definition) is 2. The van der Waals surface area contributed by atoms with Gasteiger partial charge in [-0.1, -0.05) is 0 Å². The summed E-state index contributed by atoms with van der Waals surface area (Å²) in [6.07, 6.45) is 3.86. The SMILES string of the molecule is Cn1cc(Br)c(OC2CCC(OC(=O)NN)CC2)cc1=O. The van der Waals surface area contributed by atoms with Gasteiger partial charge >= 0.3 is 6.09 Å². The minimum absolute atomic E-state index is 0.00851. The summed E-state index contributed by atoms with van der Waals surface area (Å²) in [5.74, 6) is 5.52. The standard InChI is InChI=1S/C13H18BrN3O4/c1-17-7-10(14)11(6-12(17)18)20-8-2-4-9(5-3-8)21-13(19)16-15/h6-9H,2-5,15H2,1H3,(H,16,19). The Morgan fingerprint density at radius 2 is 2.00 bits per heavy atom. The predicted octanol–water partition coefficient (Wildman–Crippen LogP) is 1.44. The van der Waals surface area contributed by atoms with Gasteiger partial charge in [-0.2, -0.15) is 0 Å². The number of halogens is 1. The molecular weight excluding hydrogens is 342 g/mol. The van der Waals surface area contributed by atoms with Crippen molar-refractivity contribution in [1.29, 1.82) is 0 Å². The van der Waals surface area contributed by atoms with Crippen molar-refractivity contribution in [2.45, 2.75) is 37.9 Å². The van der Waals surface area contributed by atoms with Gasteiger partial charge in [0.1, 0.15) is 11.9 Å². The zero-order chi connectivity index (χ0) is 15.4. The molecular formula is C13H18BrN3O4. The van der Waals surface area contributed by atoms with Gasteiger partial charge < -0.3 is 14.0 Å². The number of nitrogens with two attached hydrogens (primary N) is 1. The van der Waals surface area contributed by atoms with E-state index in [1.54, 1.807) is 13.2 Å². The lowest BCUT2D eigenvalue weighted by Gasteiger charge is -2.28. The van der Waals surface area contributed by atoms with Crippen molar-refractivity contribution >= 4 is 22.0 Å². The first-order chi connectivity index (χ1) is 9.99. The van der Waals surface area contributed by atoms with E-state index >= 15 is 0 Å². The van der Waals surface area contributed by atoms with Crippen LogP contribution in [-0.4, -0.2) is 22.9 Å². The molecule has 116 valence electrons. The van der Waals surface area contributed by atoms with Crippen LogP contribution in [0.3, 0.4) is 0 Å². The highest BCUT2D eigenvalue weighted by Gasteiger charge is 2.25. The average molecular weight is 360 g/mol. The number of hydrogen-bond acceptors (Lipinski definition) is 5. The fourth-order valence-electron chi connectivity index (χ4n) is 2.30. The number of aryl methyl sites for hydroxylation is 1. The van der Waals surface area contributed by atoms with Gasteiger partial charge in [-0.25, -0.2) is 10.6 Å². The maximum Gasteiger partial charge on any atom is 0.421 e. The second-order valence-corrected chi connectivity index (χ2v) is 5.86. The Morgan fingerprint density at radius 1 is 1.38 bits per heavy atom. The molecule has 21 heavy (non-hydrogen) atoms. The van der Waals surface area contributed by atoms with Gasteiger partial charge in [0.2, 0.25) is 0 Å². The van der Waals surface area contributed by atoms with Crippen LogP contribution in [0.15, 0.2) is 21.5 Å². The van der Waals surface area contributed by atoms with E-state index in [0.717, 1.165) is 17.3 Å². The Balaban J connectivity index is 1.90. The maximum atomic E-state index is 11.6. The third-order valence-corrected chi connectivity index (χ3v) is 4.05. The quantitative estimate of drug-likeness (QED) is 0.483. The molecule has 0 atom stereocenters. The highest BCUT2D eigenvalue weighted by Crippen LogP contribution is 2.29. The summed E-state index contributed by atoms with van der Waals surface area (Å²) in [4.78, 5) is 22.7. The number of nitrogens with one attached hydrogen (secondary N) is 1. The van der Waals surface area contributed by atoms with Gasteiger partial charge in [-0.3, -0.25) is 10.2 Å². The predicted molar refractivity (Wildman–Crippen MR) is 79.9 cm³/mol. The molecule has 0 unspecified atom stereocenters. The Kier molecular flexibility index (Phi) is 5.24. The lowest BCUT2D eigenvalue weighted by atomic mass is 9.95. The molecule has 0 radical (unpaired) electrons. The molecule has 0 saturated heterocycles. The number of amides is 1. The molecule has 1 aliphatic carbocycles. The number of hydrazine groups is 1. The molecule has 1 aromatic heterocycles. The number of nitrogens with zero attached hydrogens (tertiary/aromatic N) is 1. The second-order valence-electron chi connectivity index (χ2n) is 5.00. The van der Waals surface area contributed by atoms with Crippen LogP contribution in [0.2, 0.25) is 0 Å². The molecule has 1 aromatic rings. The molecule has 0 aromatic carbocycles. The first-order valence-corrected chi connectivity index (χ1v) is 7.49. The number of aromatic nitrogens is 1. The molecule has 0 aliphatic heterocycles. The largest absolute Gasteiger partial charge is 0.489 e. The van der Waals surface area contributed by atoms with Gasteiger partial charge in [-0.05, 0) is 41.6 Å². The Morgan fingerprint density at radius 3 is 2.62 bits per heavy atom. The molecule has 1 amide bonds. The summed E-state index contributed by atoms with van der Waals surface area (Å²) < 4.78 is 13.2. The van der Waals surface area contributed by atoms with E-state index in [1.165, 1.54) is 10.6 Å². The van der Waals surface area contributed by atoms with Gasteiger partial charge in [0.05, 0.1) is 10.6 Å². The molecule has 0 bridgehead atoms. The molecule has 1 aliphatic rings. The molecule has 8 heteroatoms. The van der Waals surface area contributed by atoms with Crippen LogP contribution in [0.25, 0.3) is 0 Å². The average Bonchev–Trinajstić information content (AvgIpc) is 2.46. The third kappa shape index (κ3) is 4.21. The summed E-state index contributed by atoms with van der Waals surface area (Å²) >= 11 is 3.39. The Bertz CT molecular complexity index is 567. The second kappa shape index (κ2) is 6.95. The van der Waals surface area contributed by atoms with Crippen LogP contribution in [-0.2, 0) is 11.8 Å². The van der Waals surface area contributed by atoms with Crippen molar-refractivity contribution in [3.8, 4) is 5.75 Å². The summed E-state index contributed by atoms with van der Waals surface area (Å²) in [6.45, 7) is 0. The monoisotopic (exact) mass is 359 g/mol. The van der Waals surface area contributed by atoms with Crippen LogP contribution < -0.4 is 21.6 Å². The first-order valence-electron chi connectivity index (χ1n) is 6.69. The molecule has 0 spiro atoms. The zero-order valence-electron chi connectivity index (χ0n) is 11.7. The number of pyridine rings is 1. The van der Waals surface area contributed by atoms with Crippen molar-refractivity contribution in [1.82, 2.24) is 9.99 Å². The maximum absolute atomic E-state index is 11.6. The molecule has 1 fully saturated rings. The fraction of sp³-hybridized carbons (Fsp3) is 0.538. The van der Waals surface area contributed by atoms with Crippen molar-refractivity contribution in [2.24, 2.45) is 12.9 Å². The van der Waals surface area contributed by atoms with Crippen LogP contribution in [0.4, 0.5) is 4.79 Å². The number of rotatable bonds is 3. The molecule has 1 heterocycles. The van der Waals surface area contributed by atoms with Crippen molar-refractivity contribution < 1.29 is 14.3 Å². The van der Waals surface area contributed by atoms with Crippen LogP contribution in [0.5, 0.6) is 5.75 Å². The number of carbonyl (C=O) groups excluding carboxylic acids is 1. The van der Waals surface area contributed by atoms with Crippen molar-refractivity contribution in [2.75, 3.05) is 0 Å². The Labute approximate surface area is 130 Å². The lowest BCUT2D eigenvalue weighted by molar-refractivity contribution is 0.0421. The summed E-state index contributed by atoms with van der Waals surface area (Å²) in [5, 5.41) is 0. The molecule has 1 saturated carbocycles. The highest BCUT2D eigenvalue weighted by molar-refractivity contribution is 9.10. The van der Waals surface area contributed by atoms with Crippen LogP contribution in [0, 0.1) is 0 Å². The van der Waals surface area contributed by atoms with Gasteiger partial charge in [0, 0.05) is 19.3 Å². The normalized spacial score (nSPS) is 21.7. The van der Waals surface area contributed by atoms with Gasteiger partial charge in [0.15, 0.2) is 0 Å². The molecule has 3 N–H and O–H groups in total. The lowest BCUT2D eigenvalue weighted by Crippen LogP contribution is -2.36. The number of ether oxygens (including phenoxy) is 2. The minimum Gasteiger partial charge on any atom is -0.489 e. The van der Waals surface area contributed by atoms with E-state index in [0.29, 0.717) is 18.6 Å². The van der Waals surface area contributed by atoms with E-state index < -0.39 is 6.09 Å². The number of carbonyl (C=O) groups is 1. The topological polar surface area (TPSA) is 95.6 Å². The zero-order valence-corrected chi connectivity index (χ0v) is 13.3. The first kappa shape index (κ1) is 15.8. The Hall–Kier alpha value is -1.54. The van der Waals surface area contributed by atoms with E-state index in [-0.39, 0.29) is 17.8 Å².